The highest BCUT2D eigenvalue weighted by Crippen LogP contribution is 2.28. The van der Waals surface area contributed by atoms with Crippen molar-refractivity contribution in [3.63, 3.8) is 0 Å². The first-order chi connectivity index (χ1) is 7.56. The van der Waals surface area contributed by atoms with E-state index in [2.05, 4.69) is 9.97 Å². The van der Waals surface area contributed by atoms with E-state index in [1.54, 1.807) is 0 Å². The van der Waals surface area contributed by atoms with Crippen LogP contribution < -0.4 is 0 Å². The van der Waals surface area contributed by atoms with Gasteiger partial charge in [0.15, 0.2) is 0 Å². The van der Waals surface area contributed by atoms with E-state index in [1.165, 1.54) is 24.3 Å². The van der Waals surface area contributed by atoms with Gasteiger partial charge in [-0.25, -0.2) is 14.4 Å². The molecule has 1 aromatic carbocycles. The van der Waals surface area contributed by atoms with Gasteiger partial charge in [0, 0.05) is 11.6 Å². The average Bonchev–Trinajstić information content (AvgIpc) is 2.15. The molecular weight excluding hydrogens is 273 g/mol. The molecule has 0 unspecified atom stereocenters. The number of hydrogen-bond donors (Lipinski definition) is 0. The molecule has 1 heterocycles. The third kappa shape index (κ3) is 2.43. The third-order valence-corrected chi connectivity index (χ3v) is 2.55. The lowest BCUT2D eigenvalue weighted by molar-refractivity contribution is 0.628. The van der Waals surface area contributed by atoms with Crippen LogP contribution in [0.3, 0.4) is 0 Å². The molecule has 0 saturated carbocycles. The van der Waals surface area contributed by atoms with Crippen molar-refractivity contribution >= 4 is 34.8 Å². The Labute approximate surface area is 106 Å². The molecule has 0 spiro atoms. The fourth-order valence-corrected chi connectivity index (χ4v) is 1.90. The first-order valence-electron chi connectivity index (χ1n) is 4.22. The molecule has 0 fully saturated rings. The monoisotopic (exact) mass is 276 g/mol. The third-order valence-electron chi connectivity index (χ3n) is 1.87. The van der Waals surface area contributed by atoms with E-state index in [1.807, 2.05) is 0 Å². The topological polar surface area (TPSA) is 25.8 Å². The van der Waals surface area contributed by atoms with Crippen molar-refractivity contribution in [2.75, 3.05) is 0 Å². The van der Waals surface area contributed by atoms with Crippen LogP contribution in [0.4, 0.5) is 4.39 Å². The van der Waals surface area contributed by atoms with Gasteiger partial charge in [0.1, 0.15) is 11.0 Å². The zero-order valence-corrected chi connectivity index (χ0v) is 9.98. The molecule has 0 N–H and O–H groups in total. The van der Waals surface area contributed by atoms with Crippen LogP contribution in [0, 0.1) is 5.82 Å². The summed E-state index contributed by atoms with van der Waals surface area (Å²) in [6.07, 6.45) is 0. The summed E-state index contributed by atoms with van der Waals surface area (Å²) in [7, 11) is 0. The van der Waals surface area contributed by atoms with Gasteiger partial charge < -0.3 is 0 Å². The van der Waals surface area contributed by atoms with Crippen LogP contribution in [0.25, 0.3) is 11.3 Å². The number of rotatable bonds is 1. The van der Waals surface area contributed by atoms with E-state index in [9.17, 15) is 4.39 Å². The average molecular weight is 278 g/mol. The van der Waals surface area contributed by atoms with Gasteiger partial charge in [-0.15, -0.1) is 0 Å². The van der Waals surface area contributed by atoms with Crippen molar-refractivity contribution in [2.45, 2.75) is 0 Å². The predicted molar refractivity (Wildman–Crippen MR) is 62.5 cm³/mol. The molecule has 2 nitrogen and oxygen atoms in total. The summed E-state index contributed by atoms with van der Waals surface area (Å²) in [6, 6.07) is 5.49. The Morgan fingerprint density at radius 3 is 2.38 bits per heavy atom. The minimum Gasteiger partial charge on any atom is -0.218 e. The first-order valence-corrected chi connectivity index (χ1v) is 5.35. The Kier molecular flexibility index (Phi) is 3.28. The zero-order chi connectivity index (χ0) is 11.7. The molecule has 0 bridgehead atoms. The lowest BCUT2D eigenvalue weighted by Gasteiger charge is -2.04. The SMILES string of the molecule is Fc1ccc(-c2cc(Cl)nc(Cl)n2)c(Cl)c1. The Morgan fingerprint density at radius 1 is 1.00 bits per heavy atom. The summed E-state index contributed by atoms with van der Waals surface area (Å²) in [5, 5.41) is 0.462. The molecule has 0 amide bonds. The normalized spacial score (nSPS) is 10.5. The summed E-state index contributed by atoms with van der Waals surface area (Å²) in [5.74, 6) is -0.417. The summed E-state index contributed by atoms with van der Waals surface area (Å²) in [5.41, 5.74) is 1.00. The molecule has 0 radical (unpaired) electrons. The second-order valence-corrected chi connectivity index (χ2v) is 4.10. The van der Waals surface area contributed by atoms with Crippen LogP contribution in [0.15, 0.2) is 24.3 Å². The van der Waals surface area contributed by atoms with Gasteiger partial charge >= 0.3 is 0 Å². The van der Waals surface area contributed by atoms with Gasteiger partial charge in [-0.2, -0.15) is 0 Å². The van der Waals surface area contributed by atoms with E-state index in [4.69, 9.17) is 34.8 Å². The summed E-state index contributed by atoms with van der Waals surface area (Å²) in [6.45, 7) is 0. The van der Waals surface area contributed by atoms with Crippen molar-refractivity contribution in [1.29, 1.82) is 0 Å². The molecule has 6 heteroatoms. The van der Waals surface area contributed by atoms with E-state index in [-0.39, 0.29) is 15.5 Å². The van der Waals surface area contributed by atoms with Crippen LogP contribution in [0.1, 0.15) is 0 Å². The van der Waals surface area contributed by atoms with Gasteiger partial charge in [-0.05, 0) is 29.8 Å². The lowest BCUT2D eigenvalue weighted by atomic mass is 10.1. The van der Waals surface area contributed by atoms with Crippen molar-refractivity contribution in [1.82, 2.24) is 9.97 Å². The minimum absolute atomic E-state index is 0.0166. The smallest absolute Gasteiger partial charge is 0.218 e. The van der Waals surface area contributed by atoms with E-state index in [0.29, 0.717) is 11.3 Å². The quantitative estimate of drug-likeness (QED) is 0.575. The Balaban J connectivity index is 2.58. The fraction of sp³-hybridized carbons (Fsp3) is 0. The Morgan fingerprint density at radius 2 is 1.75 bits per heavy atom. The molecular formula is C10H4Cl3FN2. The molecule has 0 aliphatic carbocycles. The number of hydrogen-bond acceptors (Lipinski definition) is 2. The lowest BCUT2D eigenvalue weighted by Crippen LogP contribution is -1.89. The molecule has 16 heavy (non-hydrogen) atoms. The Bertz CT molecular complexity index is 525. The Hall–Kier alpha value is -0.900. The predicted octanol–water partition coefficient (Wildman–Crippen LogP) is 4.24. The number of halogens is 4. The molecule has 0 aliphatic heterocycles. The van der Waals surface area contributed by atoms with Crippen LogP contribution in [-0.4, -0.2) is 9.97 Å². The maximum atomic E-state index is 12.9. The molecule has 2 aromatic rings. The number of aromatic nitrogens is 2. The van der Waals surface area contributed by atoms with Crippen molar-refractivity contribution in [3.05, 3.63) is 45.5 Å². The number of nitrogens with zero attached hydrogens (tertiary/aromatic N) is 2. The van der Waals surface area contributed by atoms with E-state index >= 15 is 0 Å². The number of benzene rings is 1. The van der Waals surface area contributed by atoms with Crippen LogP contribution in [0.5, 0.6) is 0 Å². The molecule has 1 aromatic heterocycles. The van der Waals surface area contributed by atoms with Gasteiger partial charge in [0.25, 0.3) is 0 Å². The first kappa shape index (κ1) is 11.6. The van der Waals surface area contributed by atoms with Gasteiger partial charge in [-0.3, -0.25) is 0 Å². The highest BCUT2D eigenvalue weighted by Gasteiger charge is 2.08. The van der Waals surface area contributed by atoms with Gasteiger partial charge in [0.2, 0.25) is 5.28 Å². The highest BCUT2D eigenvalue weighted by atomic mass is 35.5. The molecule has 0 aliphatic rings. The molecule has 0 saturated heterocycles. The highest BCUT2D eigenvalue weighted by molar-refractivity contribution is 6.34. The van der Waals surface area contributed by atoms with Gasteiger partial charge in [0.05, 0.1) is 10.7 Å². The standard InChI is InChI=1S/C10H4Cl3FN2/c11-7-3-5(14)1-2-6(7)8-4-9(12)16-10(13)15-8/h1-4H. The molecule has 2 rings (SSSR count). The largest absolute Gasteiger partial charge is 0.224 e. The van der Waals surface area contributed by atoms with Crippen molar-refractivity contribution in [3.8, 4) is 11.3 Å². The van der Waals surface area contributed by atoms with E-state index < -0.39 is 5.82 Å². The van der Waals surface area contributed by atoms with Crippen molar-refractivity contribution < 1.29 is 4.39 Å². The van der Waals surface area contributed by atoms with Crippen molar-refractivity contribution in [2.24, 2.45) is 0 Å². The molecule has 82 valence electrons. The maximum absolute atomic E-state index is 12.9. The second-order valence-electron chi connectivity index (χ2n) is 2.97. The maximum Gasteiger partial charge on any atom is 0.224 e. The summed E-state index contributed by atoms with van der Waals surface area (Å²) in [4.78, 5) is 7.67. The van der Waals surface area contributed by atoms with Crippen LogP contribution in [-0.2, 0) is 0 Å². The minimum atomic E-state index is -0.417. The zero-order valence-electron chi connectivity index (χ0n) is 7.72. The molecule has 0 atom stereocenters. The summed E-state index contributed by atoms with van der Waals surface area (Å²) < 4.78 is 12.9. The van der Waals surface area contributed by atoms with Crippen LogP contribution >= 0.6 is 34.8 Å². The van der Waals surface area contributed by atoms with Crippen LogP contribution in [0.2, 0.25) is 15.5 Å². The summed E-state index contributed by atoms with van der Waals surface area (Å²) >= 11 is 17.3. The van der Waals surface area contributed by atoms with Gasteiger partial charge in [-0.1, -0.05) is 23.2 Å². The van der Waals surface area contributed by atoms with E-state index in [0.717, 1.165) is 0 Å². The fourth-order valence-electron chi connectivity index (χ4n) is 1.23. The second kappa shape index (κ2) is 4.53.